The lowest BCUT2D eigenvalue weighted by Gasteiger charge is -2.24. The molecule has 0 saturated heterocycles. The predicted molar refractivity (Wildman–Crippen MR) is 207 cm³/mol. The SMILES string of the molecule is Cc1c(C)c(C(C)C)c(C)c(C)c1C(C)C.Cc1nc(C(C)C)c(C)c(C)c1C(C)C.Cc1nc(C(C)C)c(C)c(C)c1C(C)C. The fourth-order valence-electron chi connectivity index (χ4n) is 7.91. The number of nitrogens with zero attached hydrogens (tertiary/aromatic N) is 2. The van der Waals surface area contributed by atoms with Crippen LogP contribution in [0.2, 0.25) is 0 Å². The maximum Gasteiger partial charge on any atom is 0.0464 e. The van der Waals surface area contributed by atoms with Gasteiger partial charge in [0.2, 0.25) is 0 Å². The van der Waals surface area contributed by atoms with Crippen LogP contribution in [0.25, 0.3) is 0 Å². The van der Waals surface area contributed by atoms with Crippen molar-refractivity contribution in [2.75, 3.05) is 0 Å². The van der Waals surface area contributed by atoms with Gasteiger partial charge in [-0.1, -0.05) is 83.1 Å². The lowest BCUT2D eigenvalue weighted by molar-refractivity contribution is 0.769. The van der Waals surface area contributed by atoms with Gasteiger partial charge in [-0.3, -0.25) is 9.97 Å². The summed E-state index contributed by atoms with van der Waals surface area (Å²) in [6.45, 7) is 49.2. The summed E-state index contributed by atoms with van der Waals surface area (Å²) in [4.78, 5) is 9.51. The molecule has 0 unspecified atom stereocenters. The Morgan fingerprint density at radius 3 is 0.630 bits per heavy atom. The van der Waals surface area contributed by atoms with Gasteiger partial charge in [0.05, 0.1) is 0 Å². The molecule has 2 nitrogen and oxygen atoms in total. The molecule has 0 aliphatic carbocycles. The maximum absolute atomic E-state index is 4.75. The smallest absolute Gasteiger partial charge is 0.0464 e. The van der Waals surface area contributed by atoms with E-state index >= 15 is 0 Å². The fraction of sp³-hybridized carbons (Fsp3) is 0.636. The van der Waals surface area contributed by atoms with Crippen molar-refractivity contribution in [3.05, 3.63) is 89.5 Å². The zero-order chi connectivity index (χ0) is 36.1. The Kier molecular flexibility index (Phi) is 15.4. The summed E-state index contributed by atoms with van der Waals surface area (Å²) in [7, 11) is 0. The summed E-state index contributed by atoms with van der Waals surface area (Å²) in [5.41, 5.74) is 22.5. The van der Waals surface area contributed by atoms with Crippen LogP contribution >= 0.6 is 0 Å². The van der Waals surface area contributed by atoms with E-state index in [1.807, 2.05) is 0 Å². The summed E-state index contributed by atoms with van der Waals surface area (Å²) in [5.74, 6) is 3.42. The van der Waals surface area contributed by atoms with E-state index in [0.29, 0.717) is 35.5 Å². The van der Waals surface area contributed by atoms with Crippen LogP contribution in [0.5, 0.6) is 0 Å². The number of hydrogen-bond donors (Lipinski definition) is 0. The Bertz CT molecular complexity index is 1340. The topological polar surface area (TPSA) is 25.8 Å². The van der Waals surface area contributed by atoms with Gasteiger partial charge in [0.25, 0.3) is 0 Å². The zero-order valence-electron chi connectivity index (χ0n) is 34.4. The number of hydrogen-bond acceptors (Lipinski definition) is 2. The molecule has 0 bridgehead atoms. The lowest BCUT2D eigenvalue weighted by Crippen LogP contribution is -2.07. The third-order valence-corrected chi connectivity index (χ3v) is 10.2. The molecule has 2 aromatic heterocycles. The monoisotopic (exact) mass is 629 g/mol. The minimum absolute atomic E-state index is 0.517. The number of aromatic nitrogens is 2. The van der Waals surface area contributed by atoms with Gasteiger partial charge in [-0.2, -0.15) is 0 Å². The standard InChI is InChI=1S/C16H26.2C14H23N/c1-9(2)15-11(5)13(7)16(10(3)4)14(8)12(15)6;2*1-8(2)13-10(5)11(6)14(9(3)4)15-12(13)7/h9-10H,1-8H3;2*8-9H,1-7H3. The van der Waals surface area contributed by atoms with Crippen LogP contribution in [0.3, 0.4) is 0 Å². The van der Waals surface area contributed by atoms with E-state index in [1.165, 1.54) is 78.4 Å². The summed E-state index contributed by atoms with van der Waals surface area (Å²) in [6.07, 6.45) is 0. The first-order valence-electron chi connectivity index (χ1n) is 18.1. The first kappa shape index (κ1) is 41.5. The number of rotatable bonds is 6. The van der Waals surface area contributed by atoms with Gasteiger partial charge in [-0.25, -0.2) is 0 Å². The van der Waals surface area contributed by atoms with Crippen molar-refractivity contribution in [2.24, 2.45) is 0 Å². The van der Waals surface area contributed by atoms with Gasteiger partial charge in [-0.15, -0.1) is 0 Å². The van der Waals surface area contributed by atoms with Crippen LogP contribution in [-0.4, -0.2) is 9.97 Å². The van der Waals surface area contributed by atoms with Gasteiger partial charge in [0.1, 0.15) is 0 Å². The molecule has 0 saturated carbocycles. The highest BCUT2D eigenvalue weighted by Crippen LogP contribution is 2.35. The van der Waals surface area contributed by atoms with Crippen LogP contribution < -0.4 is 0 Å². The highest BCUT2D eigenvalue weighted by molar-refractivity contribution is 5.52. The average Bonchev–Trinajstić information content (AvgIpc) is 2.91. The van der Waals surface area contributed by atoms with E-state index in [-0.39, 0.29) is 0 Å². The second-order valence-corrected chi connectivity index (χ2v) is 15.7. The quantitative estimate of drug-likeness (QED) is 0.271. The largest absolute Gasteiger partial charge is 0.257 e. The average molecular weight is 629 g/mol. The van der Waals surface area contributed by atoms with E-state index in [4.69, 9.17) is 9.97 Å². The zero-order valence-corrected chi connectivity index (χ0v) is 34.4. The number of aryl methyl sites for hydroxylation is 2. The first-order valence-corrected chi connectivity index (χ1v) is 18.1. The molecular weight excluding hydrogens is 556 g/mol. The molecule has 1 aromatic carbocycles. The van der Waals surface area contributed by atoms with E-state index < -0.39 is 0 Å². The molecule has 0 spiro atoms. The molecular formula is C44H72N2. The molecule has 258 valence electrons. The first-order chi connectivity index (χ1) is 21.0. The number of pyridine rings is 2. The van der Waals surface area contributed by atoms with Crippen molar-refractivity contribution in [2.45, 2.75) is 188 Å². The Hall–Kier alpha value is -2.48. The molecule has 0 fully saturated rings. The van der Waals surface area contributed by atoms with Gasteiger partial charge in [-0.05, 0) is 172 Å². The van der Waals surface area contributed by atoms with Crippen LogP contribution in [0.1, 0.15) is 208 Å². The summed E-state index contributed by atoms with van der Waals surface area (Å²) >= 11 is 0. The molecule has 0 amide bonds. The molecule has 3 aromatic rings. The molecule has 0 radical (unpaired) electrons. The Morgan fingerprint density at radius 2 is 0.457 bits per heavy atom. The predicted octanol–water partition coefficient (Wildman–Crippen LogP) is 13.7. The van der Waals surface area contributed by atoms with Crippen LogP contribution in [0, 0.1) is 69.2 Å². The van der Waals surface area contributed by atoms with Crippen LogP contribution in [-0.2, 0) is 0 Å². The Morgan fingerprint density at radius 1 is 0.261 bits per heavy atom. The van der Waals surface area contributed by atoms with Crippen LogP contribution in [0.15, 0.2) is 0 Å². The Labute approximate surface area is 286 Å². The van der Waals surface area contributed by atoms with Gasteiger partial charge < -0.3 is 0 Å². The molecule has 2 heteroatoms. The normalized spacial score (nSPS) is 11.6. The third kappa shape index (κ3) is 9.32. The minimum atomic E-state index is 0.517. The van der Waals surface area contributed by atoms with E-state index in [1.54, 1.807) is 11.1 Å². The maximum atomic E-state index is 4.75. The second-order valence-electron chi connectivity index (χ2n) is 15.7. The molecule has 2 heterocycles. The van der Waals surface area contributed by atoms with E-state index in [0.717, 1.165) is 0 Å². The van der Waals surface area contributed by atoms with Gasteiger partial charge >= 0.3 is 0 Å². The molecule has 0 N–H and O–H groups in total. The molecule has 0 aliphatic rings. The molecule has 46 heavy (non-hydrogen) atoms. The van der Waals surface area contributed by atoms with Gasteiger partial charge in [0, 0.05) is 22.8 Å². The highest BCUT2D eigenvalue weighted by Gasteiger charge is 2.19. The van der Waals surface area contributed by atoms with E-state index in [9.17, 15) is 0 Å². The van der Waals surface area contributed by atoms with Crippen molar-refractivity contribution >= 4 is 0 Å². The second kappa shape index (κ2) is 17.1. The van der Waals surface area contributed by atoms with Crippen molar-refractivity contribution < 1.29 is 0 Å². The summed E-state index contributed by atoms with van der Waals surface area (Å²) < 4.78 is 0. The third-order valence-electron chi connectivity index (χ3n) is 10.2. The van der Waals surface area contributed by atoms with Crippen LogP contribution in [0.4, 0.5) is 0 Å². The Balaban J connectivity index is 0.000000345. The molecule has 0 atom stereocenters. The number of benzene rings is 1. The van der Waals surface area contributed by atoms with Crippen molar-refractivity contribution in [3.63, 3.8) is 0 Å². The fourth-order valence-corrected chi connectivity index (χ4v) is 7.91. The summed E-state index contributed by atoms with van der Waals surface area (Å²) in [6, 6.07) is 0. The lowest BCUT2D eigenvalue weighted by atomic mass is 9.81. The highest BCUT2D eigenvalue weighted by atomic mass is 14.7. The minimum Gasteiger partial charge on any atom is -0.257 e. The van der Waals surface area contributed by atoms with Crippen molar-refractivity contribution in [3.8, 4) is 0 Å². The van der Waals surface area contributed by atoms with Crippen molar-refractivity contribution in [1.82, 2.24) is 9.97 Å². The molecule has 3 rings (SSSR count). The van der Waals surface area contributed by atoms with E-state index in [2.05, 4.69) is 152 Å². The summed E-state index contributed by atoms with van der Waals surface area (Å²) in [5, 5.41) is 0. The van der Waals surface area contributed by atoms with Gasteiger partial charge in [0.15, 0.2) is 0 Å². The molecule has 0 aliphatic heterocycles. The van der Waals surface area contributed by atoms with Crippen molar-refractivity contribution in [1.29, 1.82) is 0 Å².